The van der Waals surface area contributed by atoms with Crippen LogP contribution in [0.15, 0.2) is 0 Å². The minimum Gasteiger partial charge on any atom is -0.394 e. The van der Waals surface area contributed by atoms with Gasteiger partial charge in [-0.3, -0.25) is 0 Å². The van der Waals surface area contributed by atoms with Gasteiger partial charge in [-0.05, 0) is 6.92 Å². The van der Waals surface area contributed by atoms with Crippen molar-refractivity contribution in [3.8, 4) is 0 Å². The van der Waals surface area contributed by atoms with Gasteiger partial charge in [0.1, 0.15) is 0 Å². The Morgan fingerprint density at radius 2 is 1.67 bits per heavy atom. The predicted octanol–water partition coefficient (Wildman–Crippen LogP) is 1.02. The molecule has 12 heavy (non-hydrogen) atoms. The monoisotopic (exact) mass is 190 g/mol. The first-order valence-corrected chi connectivity index (χ1v) is 3.25. The number of alkyl halides is 4. The Morgan fingerprint density at radius 1 is 1.25 bits per heavy atom. The molecule has 0 aromatic heterocycles. The lowest BCUT2D eigenvalue weighted by Gasteiger charge is -2.25. The number of hydrogen-bond donors (Lipinski definition) is 2. The molecule has 0 aromatic carbocycles. The van der Waals surface area contributed by atoms with Crippen molar-refractivity contribution < 1.29 is 27.8 Å². The van der Waals surface area contributed by atoms with Crippen molar-refractivity contribution in [3.05, 3.63) is 0 Å². The molecule has 0 fully saturated rings. The van der Waals surface area contributed by atoms with Gasteiger partial charge in [-0.15, -0.1) is 0 Å². The molecule has 74 valence electrons. The maximum Gasteiger partial charge on any atom is 0.422 e. The maximum atomic E-state index is 12.6. The molecule has 0 saturated heterocycles. The molecule has 0 aliphatic carbocycles. The van der Waals surface area contributed by atoms with Crippen LogP contribution in [-0.2, 0) is 0 Å². The maximum absolute atomic E-state index is 12.6. The Balaban J connectivity index is 4.22. The van der Waals surface area contributed by atoms with E-state index in [4.69, 9.17) is 10.2 Å². The highest BCUT2D eigenvalue weighted by molar-refractivity contribution is 4.84. The Hall–Kier alpha value is -0.360. The third kappa shape index (κ3) is 2.94. The van der Waals surface area contributed by atoms with Gasteiger partial charge in [0.2, 0.25) is 5.67 Å². The number of aliphatic hydroxyl groups excluding tert-OH is 2. The summed E-state index contributed by atoms with van der Waals surface area (Å²) in [6.45, 7) is -0.554. The summed E-state index contributed by atoms with van der Waals surface area (Å²) in [6, 6.07) is 0. The first kappa shape index (κ1) is 11.6. The van der Waals surface area contributed by atoms with Gasteiger partial charge < -0.3 is 10.2 Å². The average molecular weight is 190 g/mol. The molecule has 0 spiro atoms. The third-order valence-electron chi connectivity index (χ3n) is 1.42. The molecule has 0 amide bonds. The molecular weight excluding hydrogens is 180 g/mol. The van der Waals surface area contributed by atoms with Crippen molar-refractivity contribution >= 4 is 0 Å². The second-order valence-corrected chi connectivity index (χ2v) is 2.74. The second-order valence-electron chi connectivity index (χ2n) is 2.74. The van der Waals surface area contributed by atoms with E-state index in [1.165, 1.54) is 0 Å². The van der Waals surface area contributed by atoms with E-state index in [-0.39, 0.29) is 0 Å². The van der Waals surface area contributed by atoms with Crippen LogP contribution in [-0.4, -0.2) is 34.8 Å². The van der Waals surface area contributed by atoms with E-state index in [0.29, 0.717) is 6.92 Å². The van der Waals surface area contributed by atoms with Gasteiger partial charge in [-0.25, -0.2) is 4.39 Å². The number of hydrogen-bond acceptors (Lipinski definition) is 2. The van der Waals surface area contributed by atoms with Crippen LogP contribution in [0.25, 0.3) is 0 Å². The molecular formula is C6H10F4O2. The van der Waals surface area contributed by atoms with Gasteiger partial charge in [-0.2, -0.15) is 13.2 Å². The third-order valence-corrected chi connectivity index (χ3v) is 1.42. The van der Waals surface area contributed by atoms with Crippen molar-refractivity contribution in [2.75, 3.05) is 6.61 Å². The molecule has 0 bridgehead atoms. The molecule has 0 rings (SSSR count). The fourth-order valence-electron chi connectivity index (χ4n) is 0.623. The normalized spacial score (nSPS) is 20.2. The molecule has 6 heteroatoms. The average Bonchev–Trinajstić information content (AvgIpc) is 1.84. The largest absolute Gasteiger partial charge is 0.422 e. The SMILES string of the molecule is CC(F)(CC(O)CO)C(F)(F)F. The Bertz CT molecular complexity index is 143. The first-order valence-electron chi connectivity index (χ1n) is 3.25. The zero-order chi connectivity index (χ0) is 9.99. The van der Waals surface area contributed by atoms with Gasteiger partial charge >= 0.3 is 6.18 Å². The van der Waals surface area contributed by atoms with Crippen LogP contribution in [0, 0.1) is 0 Å². The van der Waals surface area contributed by atoms with Crippen molar-refractivity contribution in [1.29, 1.82) is 0 Å². The van der Waals surface area contributed by atoms with Gasteiger partial charge in [0.05, 0.1) is 12.7 Å². The van der Waals surface area contributed by atoms with E-state index in [2.05, 4.69) is 0 Å². The van der Waals surface area contributed by atoms with E-state index in [1.807, 2.05) is 0 Å². The zero-order valence-electron chi connectivity index (χ0n) is 6.40. The van der Waals surface area contributed by atoms with Crippen LogP contribution >= 0.6 is 0 Å². The highest BCUT2D eigenvalue weighted by atomic mass is 19.4. The second kappa shape index (κ2) is 3.57. The van der Waals surface area contributed by atoms with Gasteiger partial charge in [0.25, 0.3) is 0 Å². The van der Waals surface area contributed by atoms with Gasteiger partial charge in [0.15, 0.2) is 0 Å². The highest BCUT2D eigenvalue weighted by Gasteiger charge is 2.52. The molecule has 2 nitrogen and oxygen atoms in total. The summed E-state index contributed by atoms with van der Waals surface area (Å²) in [5.74, 6) is 0. The quantitative estimate of drug-likeness (QED) is 0.652. The molecule has 0 aromatic rings. The topological polar surface area (TPSA) is 40.5 Å². The lowest BCUT2D eigenvalue weighted by molar-refractivity contribution is -0.232. The Kier molecular flexibility index (Phi) is 3.46. The molecule has 0 aliphatic heterocycles. The fraction of sp³-hybridized carbons (Fsp3) is 1.00. The van der Waals surface area contributed by atoms with Crippen molar-refractivity contribution in [2.45, 2.75) is 31.3 Å². The van der Waals surface area contributed by atoms with Crippen molar-refractivity contribution in [3.63, 3.8) is 0 Å². The molecule has 2 N–H and O–H groups in total. The molecule has 0 heterocycles. The molecule has 0 radical (unpaired) electrons. The van der Waals surface area contributed by atoms with E-state index < -0.39 is 31.0 Å². The van der Waals surface area contributed by atoms with Crippen molar-refractivity contribution in [1.82, 2.24) is 0 Å². The van der Waals surface area contributed by atoms with Crippen LogP contribution in [0.4, 0.5) is 17.6 Å². The standard InChI is InChI=1S/C6H10F4O2/c1-5(7,6(8,9)10)2-4(12)3-11/h4,11-12H,2-3H2,1H3. The smallest absolute Gasteiger partial charge is 0.394 e. The minimum atomic E-state index is -5.01. The summed E-state index contributed by atoms with van der Waals surface area (Å²) in [5, 5.41) is 16.7. The van der Waals surface area contributed by atoms with E-state index in [9.17, 15) is 17.6 Å². The summed E-state index contributed by atoms with van der Waals surface area (Å²) in [6.07, 6.45) is -7.84. The Morgan fingerprint density at radius 3 is 1.92 bits per heavy atom. The number of halogens is 4. The zero-order valence-corrected chi connectivity index (χ0v) is 6.40. The van der Waals surface area contributed by atoms with E-state index in [0.717, 1.165) is 0 Å². The molecule has 0 saturated carbocycles. The van der Waals surface area contributed by atoms with Crippen LogP contribution in [0.1, 0.15) is 13.3 Å². The Labute approximate surface area is 66.8 Å². The lowest BCUT2D eigenvalue weighted by atomic mass is 10.0. The van der Waals surface area contributed by atoms with Crippen LogP contribution in [0.5, 0.6) is 0 Å². The van der Waals surface area contributed by atoms with Crippen LogP contribution in [0.2, 0.25) is 0 Å². The fourth-order valence-corrected chi connectivity index (χ4v) is 0.623. The van der Waals surface area contributed by atoms with Gasteiger partial charge in [-0.1, -0.05) is 0 Å². The molecule has 2 atom stereocenters. The lowest BCUT2D eigenvalue weighted by Crippen LogP contribution is -2.41. The summed E-state index contributed by atoms with van der Waals surface area (Å²) in [7, 11) is 0. The van der Waals surface area contributed by atoms with Crippen LogP contribution < -0.4 is 0 Å². The summed E-state index contributed by atoms with van der Waals surface area (Å²) in [4.78, 5) is 0. The highest BCUT2D eigenvalue weighted by Crippen LogP contribution is 2.36. The number of rotatable bonds is 3. The summed E-state index contributed by atoms with van der Waals surface area (Å²) >= 11 is 0. The van der Waals surface area contributed by atoms with E-state index in [1.54, 1.807) is 0 Å². The molecule has 2 unspecified atom stereocenters. The predicted molar refractivity (Wildman–Crippen MR) is 33.3 cm³/mol. The first-order chi connectivity index (χ1) is 5.20. The van der Waals surface area contributed by atoms with E-state index >= 15 is 0 Å². The number of aliphatic hydroxyl groups is 2. The summed E-state index contributed by atoms with van der Waals surface area (Å²) in [5.41, 5.74) is -3.45. The van der Waals surface area contributed by atoms with Crippen LogP contribution in [0.3, 0.4) is 0 Å². The van der Waals surface area contributed by atoms with Gasteiger partial charge in [0, 0.05) is 6.42 Å². The minimum absolute atomic E-state index is 0.325. The molecule has 0 aliphatic rings. The van der Waals surface area contributed by atoms with Crippen molar-refractivity contribution in [2.24, 2.45) is 0 Å². The summed E-state index contributed by atoms with van der Waals surface area (Å²) < 4.78 is 47.9.